The third kappa shape index (κ3) is 4.52. The summed E-state index contributed by atoms with van der Waals surface area (Å²) < 4.78 is 0. The van der Waals surface area contributed by atoms with Crippen molar-refractivity contribution >= 4 is 23.4 Å². The van der Waals surface area contributed by atoms with Gasteiger partial charge in [0.15, 0.2) is 0 Å². The number of nitrogens with one attached hydrogen (secondary N) is 1. The molecule has 0 saturated carbocycles. The molecule has 0 radical (unpaired) electrons. The first-order valence-electron chi connectivity index (χ1n) is 7.36. The molecule has 21 heavy (non-hydrogen) atoms. The standard InChI is InChI=1S/C17H21NO2S/c1-2-14-11-13(5-3-4-9-19)6-7-16(14)18-17(20)15-8-10-21-12-15/h6-7,11,15,19H,2,4,8-10,12H2,1H3,(H,18,20). The van der Waals surface area contributed by atoms with Crippen LogP contribution < -0.4 is 5.32 Å². The summed E-state index contributed by atoms with van der Waals surface area (Å²) >= 11 is 1.85. The summed E-state index contributed by atoms with van der Waals surface area (Å²) in [5, 5.41) is 11.8. The first-order chi connectivity index (χ1) is 10.2. The molecule has 1 saturated heterocycles. The first kappa shape index (κ1) is 15.9. The zero-order valence-electron chi connectivity index (χ0n) is 12.3. The maximum absolute atomic E-state index is 12.2. The second-order valence-corrected chi connectivity index (χ2v) is 6.20. The molecular formula is C17H21NO2S. The van der Waals surface area contributed by atoms with E-state index in [2.05, 4.69) is 24.1 Å². The van der Waals surface area contributed by atoms with E-state index in [9.17, 15) is 4.79 Å². The van der Waals surface area contributed by atoms with Gasteiger partial charge in [-0.25, -0.2) is 0 Å². The van der Waals surface area contributed by atoms with Crippen LogP contribution in [0.4, 0.5) is 5.69 Å². The third-order valence-corrected chi connectivity index (χ3v) is 4.68. The van der Waals surface area contributed by atoms with Gasteiger partial charge in [0, 0.05) is 29.3 Å². The number of anilines is 1. The van der Waals surface area contributed by atoms with Crippen molar-refractivity contribution in [2.75, 3.05) is 23.4 Å². The van der Waals surface area contributed by atoms with E-state index in [-0.39, 0.29) is 18.4 Å². The molecule has 1 aliphatic rings. The first-order valence-corrected chi connectivity index (χ1v) is 8.51. The summed E-state index contributed by atoms with van der Waals surface area (Å²) in [6.07, 6.45) is 2.31. The zero-order valence-corrected chi connectivity index (χ0v) is 13.1. The molecule has 1 heterocycles. The normalized spacial score (nSPS) is 17.1. The van der Waals surface area contributed by atoms with Gasteiger partial charge >= 0.3 is 0 Å². The highest BCUT2D eigenvalue weighted by Gasteiger charge is 2.23. The van der Waals surface area contributed by atoms with E-state index in [1.54, 1.807) is 0 Å². The highest BCUT2D eigenvalue weighted by Crippen LogP contribution is 2.26. The predicted octanol–water partition coefficient (Wildman–Crippen LogP) is 2.67. The molecule has 1 unspecified atom stereocenters. The van der Waals surface area contributed by atoms with Gasteiger partial charge in [-0.2, -0.15) is 11.8 Å². The minimum absolute atomic E-state index is 0.0845. The molecule has 2 N–H and O–H groups in total. The molecule has 2 rings (SSSR count). The number of aliphatic hydroxyl groups excluding tert-OH is 1. The molecule has 112 valence electrons. The minimum atomic E-state index is 0.0845. The topological polar surface area (TPSA) is 49.3 Å². The molecular weight excluding hydrogens is 282 g/mol. The average Bonchev–Trinajstić information content (AvgIpc) is 3.03. The quantitative estimate of drug-likeness (QED) is 0.841. The summed E-state index contributed by atoms with van der Waals surface area (Å²) in [6, 6.07) is 5.87. The van der Waals surface area contributed by atoms with Crippen molar-refractivity contribution in [3.8, 4) is 11.8 Å². The van der Waals surface area contributed by atoms with Crippen molar-refractivity contribution in [2.45, 2.75) is 26.2 Å². The maximum Gasteiger partial charge on any atom is 0.228 e. The average molecular weight is 303 g/mol. The van der Waals surface area contributed by atoms with Crippen LogP contribution in [0.25, 0.3) is 0 Å². The molecule has 1 amide bonds. The van der Waals surface area contributed by atoms with E-state index in [0.717, 1.165) is 41.2 Å². The van der Waals surface area contributed by atoms with Gasteiger partial charge in [0.25, 0.3) is 0 Å². The largest absolute Gasteiger partial charge is 0.395 e. The Bertz CT molecular complexity index is 554. The van der Waals surface area contributed by atoms with Gasteiger partial charge in [0.1, 0.15) is 0 Å². The summed E-state index contributed by atoms with van der Waals surface area (Å²) in [4.78, 5) is 12.2. The highest BCUT2D eigenvalue weighted by molar-refractivity contribution is 7.99. The predicted molar refractivity (Wildman–Crippen MR) is 88.5 cm³/mol. The number of hydrogen-bond acceptors (Lipinski definition) is 3. The Balaban J connectivity index is 2.09. The van der Waals surface area contributed by atoms with Crippen LogP contribution in [0.2, 0.25) is 0 Å². The molecule has 1 aromatic carbocycles. The number of rotatable bonds is 4. The lowest BCUT2D eigenvalue weighted by atomic mass is 10.0. The van der Waals surface area contributed by atoms with E-state index in [0.29, 0.717) is 6.42 Å². The number of carbonyl (C=O) groups excluding carboxylic acids is 1. The van der Waals surface area contributed by atoms with E-state index in [4.69, 9.17) is 5.11 Å². The van der Waals surface area contributed by atoms with Crippen molar-refractivity contribution in [3.63, 3.8) is 0 Å². The van der Waals surface area contributed by atoms with Crippen molar-refractivity contribution in [1.82, 2.24) is 0 Å². The van der Waals surface area contributed by atoms with Crippen LogP contribution in [0.5, 0.6) is 0 Å². The SMILES string of the molecule is CCc1cc(C#CCCO)ccc1NC(=O)C1CCSC1. The van der Waals surface area contributed by atoms with E-state index in [1.807, 2.05) is 30.0 Å². The molecule has 1 atom stereocenters. The zero-order chi connectivity index (χ0) is 15.1. The van der Waals surface area contributed by atoms with E-state index < -0.39 is 0 Å². The lowest BCUT2D eigenvalue weighted by Gasteiger charge is -2.13. The van der Waals surface area contributed by atoms with Crippen LogP contribution in [0, 0.1) is 17.8 Å². The number of amides is 1. The number of thioether (sulfide) groups is 1. The minimum Gasteiger partial charge on any atom is -0.395 e. The van der Waals surface area contributed by atoms with Crippen LogP contribution in [-0.2, 0) is 11.2 Å². The summed E-state index contributed by atoms with van der Waals surface area (Å²) in [5.74, 6) is 8.23. The van der Waals surface area contributed by atoms with Crippen molar-refractivity contribution in [3.05, 3.63) is 29.3 Å². The molecule has 0 spiro atoms. The third-order valence-electron chi connectivity index (χ3n) is 3.51. The van der Waals surface area contributed by atoms with Crippen LogP contribution in [0.1, 0.15) is 30.9 Å². The van der Waals surface area contributed by atoms with Crippen LogP contribution in [0.15, 0.2) is 18.2 Å². The number of aliphatic hydroxyl groups is 1. The van der Waals surface area contributed by atoms with Crippen molar-refractivity contribution < 1.29 is 9.90 Å². The fraction of sp³-hybridized carbons (Fsp3) is 0.471. The number of aryl methyl sites for hydroxylation is 1. The van der Waals surface area contributed by atoms with Crippen molar-refractivity contribution in [1.29, 1.82) is 0 Å². The fourth-order valence-electron chi connectivity index (χ4n) is 2.28. The molecule has 0 bridgehead atoms. The van der Waals surface area contributed by atoms with Crippen LogP contribution in [-0.4, -0.2) is 29.1 Å². The molecule has 1 aromatic rings. The van der Waals surface area contributed by atoms with Gasteiger partial charge in [0.2, 0.25) is 5.91 Å². The Morgan fingerprint density at radius 3 is 3.05 bits per heavy atom. The number of hydrogen-bond donors (Lipinski definition) is 2. The Hall–Kier alpha value is -1.44. The Morgan fingerprint density at radius 1 is 1.52 bits per heavy atom. The van der Waals surface area contributed by atoms with Gasteiger partial charge in [-0.1, -0.05) is 18.8 Å². The molecule has 1 fully saturated rings. The number of carbonyl (C=O) groups is 1. The fourth-order valence-corrected chi connectivity index (χ4v) is 3.50. The highest BCUT2D eigenvalue weighted by atomic mass is 32.2. The molecule has 3 nitrogen and oxygen atoms in total. The van der Waals surface area contributed by atoms with Gasteiger partial charge in [-0.05, 0) is 42.4 Å². The van der Waals surface area contributed by atoms with Gasteiger partial charge in [-0.3, -0.25) is 4.79 Å². The van der Waals surface area contributed by atoms with Gasteiger partial charge in [-0.15, -0.1) is 0 Å². The molecule has 0 aliphatic carbocycles. The molecule has 1 aliphatic heterocycles. The summed E-state index contributed by atoms with van der Waals surface area (Å²) in [6.45, 7) is 2.16. The lowest BCUT2D eigenvalue weighted by Crippen LogP contribution is -2.23. The smallest absolute Gasteiger partial charge is 0.228 e. The van der Waals surface area contributed by atoms with Gasteiger partial charge < -0.3 is 10.4 Å². The second kappa shape index (κ2) is 8.11. The number of benzene rings is 1. The Kier molecular flexibility index (Phi) is 6.16. The Morgan fingerprint density at radius 2 is 2.38 bits per heavy atom. The van der Waals surface area contributed by atoms with E-state index in [1.165, 1.54) is 0 Å². The van der Waals surface area contributed by atoms with Crippen LogP contribution >= 0.6 is 11.8 Å². The van der Waals surface area contributed by atoms with E-state index >= 15 is 0 Å². The monoisotopic (exact) mass is 303 g/mol. The maximum atomic E-state index is 12.2. The summed E-state index contributed by atoms with van der Waals surface area (Å²) in [5.41, 5.74) is 2.92. The Labute approximate surface area is 130 Å². The molecule has 4 heteroatoms. The molecule has 0 aromatic heterocycles. The van der Waals surface area contributed by atoms with Crippen molar-refractivity contribution in [2.24, 2.45) is 5.92 Å². The summed E-state index contributed by atoms with van der Waals surface area (Å²) in [7, 11) is 0. The van der Waals surface area contributed by atoms with Gasteiger partial charge in [0.05, 0.1) is 6.61 Å². The lowest BCUT2D eigenvalue weighted by molar-refractivity contribution is -0.119. The second-order valence-electron chi connectivity index (χ2n) is 5.05. The van der Waals surface area contributed by atoms with Crippen LogP contribution in [0.3, 0.4) is 0 Å².